The molecule has 19 heavy (non-hydrogen) atoms. The standard InChI is InChI=1S/C13H13Cl2N3O/c1-13(8-19,9-5-3-2-4-6-9)16-10-7-11(14)17-18-12(10)15/h2-7,19H,8H2,1H3,(H,16,17). The molecule has 0 aliphatic carbocycles. The second kappa shape index (κ2) is 5.74. The number of aliphatic hydroxyl groups is 1. The highest BCUT2D eigenvalue weighted by atomic mass is 35.5. The van der Waals surface area contributed by atoms with Crippen LogP contribution in [0.25, 0.3) is 0 Å². The maximum Gasteiger partial charge on any atom is 0.174 e. The number of nitrogens with one attached hydrogen (secondary N) is 1. The van der Waals surface area contributed by atoms with E-state index < -0.39 is 5.54 Å². The van der Waals surface area contributed by atoms with Crippen LogP contribution < -0.4 is 5.32 Å². The highest BCUT2D eigenvalue weighted by Gasteiger charge is 2.26. The summed E-state index contributed by atoms with van der Waals surface area (Å²) in [6.07, 6.45) is 0. The number of rotatable bonds is 4. The van der Waals surface area contributed by atoms with Crippen molar-refractivity contribution in [2.75, 3.05) is 11.9 Å². The Hall–Kier alpha value is -1.36. The van der Waals surface area contributed by atoms with Crippen LogP contribution in [0, 0.1) is 0 Å². The predicted molar refractivity (Wildman–Crippen MR) is 76.6 cm³/mol. The topological polar surface area (TPSA) is 58.0 Å². The van der Waals surface area contributed by atoms with Crippen LogP contribution in [-0.2, 0) is 5.54 Å². The van der Waals surface area contributed by atoms with Crippen LogP contribution in [0.15, 0.2) is 36.4 Å². The predicted octanol–water partition coefficient (Wildman–Crippen LogP) is 3.10. The van der Waals surface area contributed by atoms with Gasteiger partial charge in [-0.3, -0.25) is 0 Å². The summed E-state index contributed by atoms with van der Waals surface area (Å²) in [5.74, 6) is 0. The molecule has 1 heterocycles. The smallest absolute Gasteiger partial charge is 0.174 e. The van der Waals surface area contributed by atoms with Crippen molar-refractivity contribution < 1.29 is 5.11 Å². The second-order valence-electron chi connectivity index (χ2n) is 4.35. The highest BCUT2D eigenvalue weighted by molar-refractivity contribution is 6.33. The molecule has 1 aromatic heterocycles. The lowest BCUT2D eigenvalue weighted by atomic mass is 9.92. The molecule has 0 spiro atoms. The molecular weight excluding hydrogens is 285 g/mol. The van der Waals surface area contributed by atoms with Crippen molar-refractivity contribution in [3.63, 3.8) is 0 Å². The molecule has 100 valence electrons. The zero-order chi connectivity index (χ0) is 13.9. The molecule has 1 atom stereocenters. The van der Waals surface area contributed by atoms with Crippen LogP contribution in [0.2, 0.25) is 10.3 Å². The molecule has 0 fully saturated rings. The van der Waals surface area contributed by atoms with Crippen molar-refractivity contribution in [1.29, 1.82) is 0 Å². The van der Waals surface area contributed by atoms with Crippen LogP contribution in [-0.4, -0.2) is 21.9 Å². The number of nitrogens with zero attached hydrogens (tertiary/aromatic N) is 2. The van der Waals surface area contributed by atoms with E-state index >= 15 is 0 Å². The van der Waals surface area contributed by atoms with Gasteiger partial charge in [0.15, 0.2) is 10.3 Å². The molecule has 6 heteroatoms. The van der Waals surface area contributed by atoms with E-state index in [1.54, 1.807) is 6.07 Å². The second-order valence-corrected chi connectivity index (χ2v) is 5.10. The summed E-state index contributed by atoms with van der Waals surface area (Å²) in [6.45, 7) is 1.76. The number of aliphatic hydroxyl groups excluding tert-OH is 1. The number of benzene rings is 1. The first-order valence-corrected chi connectivity index (χ1v) is 6.44. The van der Waals surface area contributed by atoms with Crippen molar-refractivity contribution in [2.24, 2.45) is 0 Å². The molecular formula is C13H13Cl2N3O. The fraction of sp³-hybridized carbons (Fsp3) is 0.231. The number of aromatic nitrogens is 2. The van der Waals surface area contributed by atoms with Crippen LogP contribution in [0.3, 0.4) is 0 Å². The molecule has 0 saturated heterocycles. The van der Waals surface area contributed by atoms with Gasteiger partial charge in [-0.25, -0.2) is 0 Å². The van der Waals surface area contributed by atoms with Crippen molar-refractivity contribution in [1.82, 2.24) is 10.2 Å². The van der Waals surface area contributed by atoms with E-state index in [4.69, 9.17) is 23.2 Å². The first kappa shape index (κ1) is 14.1. The number of hydrogen-bond acceptors (Lipinski definition) is 4. The third-order valence-electron chi connectivity index (χ3n) is 2.86. The molecule has 0 radical (unpaired) electrons. The molecule has 4 nitrogen and oxygen atoms in total. The molecule has 1 aromatic carbocycles. The first-order valence-electron chi connectivity index (χ1n) is 5.68. The van der Waals surface area contributed by atoms with E-state index in [0.717, 1.165) is 5.56 Å². The third-order valence-corrected chi connectivity index (χ3v) is 3.32. The maximum atomic E-state index is 9.69. The van der Waals surface area contributed by atoms with E-state index in [9.17, 15) is 5.11 Å². The summed E-state index contributed by atoms with van der Waals surface area (Å²) in [5.41, 5.74) is 0.778. The molecule has 2 rings (SSSR count). The van der Waals surface area contributed by atoms with Gasteiger partial charge in [-0.1, -0.05) is 53.5 Å². The molecule has 1 unspecified atom stereocenters. The molecule has 2 aromatic rings. The lowest BCUT2D eigenvalue weighted by Gasteiger charge is -2.30. The van der Waals surface area contributed by atoms with Crippen LogP contribution in [0.5, 0.6) is 0 Å². The zero-order valence-corrected chi connectivity index (χ0v) is 11.8. The van der Waals surface area contributed by atoms with Gasteiger partial charge in [0, 0.05) is 6.07 Å². The van der Waals surface area contributed by atoms with Gasteiger partial charge >= 0.3 is 0 Å². The molecule has 2 N–H and O–H groups in total. The van der Waals surface area contributed by atoms with Crippen LogP contribution >= 0.6 is 23.2 Å². The Labute approximate surface area is 121 Å². The van der Waals surface area contributed by atoms with Crippen LogP contribution in [0.1, 0.15) is 12.5 Å². The van der Waals surface area contributed by atoms with Crippen molar-refractivity contribution in [3.8, 4) is 0 Å². The summed E-state index contributed by atoms with van der Waals surface area (Å²) in [5, 5.41) is 20.7. The highest BCUT2D eigenvalue weighted by Crippen LogP contribution is 2.29. The molecule has 0 amide bonds. The van der Waals surface area contributed by atoms with Gasteiger partial charge in [0.05, 0.1) is 17.8 Å². The van der Waals surface area contributed by atoms with Gasteiger partial charge in [-0.2, -0.15) is 0 Å². The van der Waals surface area contributed by atoms with Crippen LogP contribution in [0.4, 0.5) is 5.69 Å². The Kier molecular flexibility index (Phi) is 4.24. The van der Waals surface area contributed by atoms with Crippen molar-refractivity contribution in [2.45, 2.75) is 12.5 Å². The lowest BCUT2D eigenvalue weighted by Crippen LogP contribution is -2.36. The number of anilines is 1. The maximum absolute atomic E-state index is 9.69. The zero-order valence-electron chi connectivity index (χ0n) is 10.3. The van der Waals surface area contributed by atoms with Gasteiger partial charge < -0.3 is 10.4 Å². The van der Waals surface area contributed by atoms with E-state index in [2.05, 4.69) is 15.5 Å². The van der Waals surface area contributed by atoms with Gasteiger partial charge in [0.25, 0.3) is 0 Å². The summed E-state index contributed by atoms with van der Waals surface area (Å²) in [7, 11) is 0. The van der Waals surface area contributed by atoms with E-state index in [0.29, 0.717) is 5.69 Å². The minimum absolute atomic E-state index is 0.104. The molecule has 0 aliphatic heterocycles. The average Bonchev–Trinajstić information content (AvgIpc) is 2.44. The summed E-state index contributed by atoms with van der Waals surface area (Å²) < 4.78 is 0. The van der Waals surface area contributed by atoms with Crippen molar-refractivity contribution >= 4 is 28.9 Å². The SMILES string of the molecule is CC(CO)(Nc1cc(Cl)nnc1Cl)c1ccccc1. The van der Waals surface area contributed by atoms with Crippen molar-refractivity contribution in [3.05, 3.63) is 52.3 Å². The minimum Gasteiger partial charge on any atom is -0.394 e. The van der Waals surface area contributed by atoms with E-state index in [1.165, 1.54) is 0 Å². The first-order chi connectivity index (χ1) is 9.05. The Morgan fingerprint density at radius 3 is 2.53 bits per heavy atom. The fourth-order valence-electron chi connectivity index (χ4n) is 1.75. The summed E-state index contributed by atoms with van der Waals surface area (Å²) in [4.78, 5) is 0. The quantitative estimate of drug-likeness (QED) is 0.910. The normalized spacial score (nSPS) is 13.9. The Morgan fingerprint density at radius 1 is 1.21 bits per heavy atom. The monoisotopic (exact) mass is 297 g/mol. The van der Waals surface area contributed by atoms with Gasteiger partial charge in [-0.05, 0) is 12.5 Å². The summed E-state index contributed by atoms with van der Waals surface area (Å²) in [6, 6.07) is 11.2. The molecule has 0 bridgehead atoms. The Morgan fingerprint density at radius 2 is 1.89 bits per heavy atom. The lowest BCUT2D eigenvalue weighted by molar-refractivity contribution is 0.224. The number of halogens is 2. The largest absolute Gasteiger partial charge is 0.394 e. The minimum atomic E-state index is -0.683. The molecule has 0 saturated carbocycles. The summed E-state index contributed by atoms with van der Waals surface area (Å²) >= 11 is 11.8. The Bertz CT molecular complexity index is 565. The average molecular weight is 298 g/mol. The van der Waals surface area contributed by atoms with Gasteiger partial charge in [-0.15, -0.1) is 10.2 Å². The fourth-order valence-corrected chi connectivity index (χ4v) is 2.03. The van der Waals surface area contributed by atoms with Gasteiger partial charge in [0.1, 0.15) is 0 Å². The Balaban J connectivity index is 2.36. The van der Waals surface area contributed by atoms with Gasteiger partial charge in [0.2, 0.25) is 0 Å². The third kappa shape index (κ3) is 3.15. The van der Waals surface area contributed by atoms with E-state index in [-0.39, 0.29) is 16.9 Å². The molecule has 0 aliphatic rings. The number of hydrogen-bond donors (Lipinski definition) is 2. The van der Waals surface area contributed by atoms with E-state index in [1.807, 2.05) is 37.3 Å².